The van der Waals surface area contributed by atoms with Crippen molar-refractivity contribution >= 4 is 17.4 Å². The van der Waals surface area contributed by atoms with E-state index in [0.717, 1.165) is 29.8 Å². The second-order valence-corrected chi connectivity index (χ2v) is 6.96. The fourth-order valence-electron chi connectivity index (χ4n) is 3.12. The molecule has 2 aromatic carbocycles. The SMILES string of the molecule is Cc1nc(C2(c3ccc(C(=O)Cc4ccc(Cl)cc4)cc3)CC2)no1. The Hall–Kier alpha value is -2.46. The van der Waals surface area contributed by atoms with Crippen molar-refractivity contribution in [3.8, 4) is 0 Å². The van der Waals surface area contributed by atoms with Crippen LogP contribution in [0.1, 0.15) is 46.0 Å². The number of Topliss-reactive ketones (excluding diaryl/α,β-unsaturated/α-hetero) is 1. The number of aryl methyl sites for hydroxylation is 1. The summed E-state index contributed by atoms with van der Waals surface area (Å²) in [5.41, 5.74) is 2.66. The van der Waals surface area contributed by atoms with Gasteiger partial charge in [0.15, 0.2) is 11.6 Å². The monoisotopic (exact) mass is 352 g/mol. The smallest absolute Gasteiger partial charge is 0.223 e. The molecule has 1 heterocycles. The predicted octanol–water partition coefficient (Wildman–Crippen LogP) is 4.54. The van der Waals surface area contributed by atoms with Gasteiger partial charge < -0.3 is 4.52 Å². The van der Waals surface area contributed by atoms with E-state index >= 15 is 0 Å². The lowest BCUT2D eigenvalue weighted by Crippen LogP contribution is -2.11. The number of carbonyl (C=O) groups excluding carboxylic acids is 1. The minimum Gasteiger partial charge on any atom is -0.340 e. The number of benzene rings is 2. The molecule has 25 heavy (non-hydrogen) atoms. The van der Waals surface area contributed by atoms with Crippen molar-refractivity contribution in [2.24, 2.45) is 0 Å². The molecule has 126 valence electrons. The Kier molecular flexibility index (Phi) is 3.92. The van der Waals surface area contributed by atoms with Crippen LogP contribution in [0.4, 0.5) is 0 Å². The highest BCUT2D eigenvalue weighted by Crippen LogP contribution is 2.52. The van der Waals surface area contributed by atoms with E-state index in [0.29, 0.717) is 22.9 Å². The lowest BCUT2D eigenvalue weighted by atomic mass is 9.93. The standard InChI is InChI=1S/C20H17ClN2O2/c1-13-22-19(23-25-13)20(10-11-20)16-6-4-15(5-7-16)18(24)12-14-2-8-17(21)9-3-14/h2-9H,10-12H2,1H3. The predicted molar refractivity (Wildman–Crippen MR) is 95.0 cm³/mol. The third-order valence-corrected chi connectivity index (χ3v) is 4.99. The molecule has 1 aromatic heterocycles. The molecular formula is C20H17ClN2O2. The Morgan fingerprint density at radius 1 is 1.12 bits per heavy atom. The van der Waals surface area contributed by atoms with Gasteiger partial charge in [-0.3, -0.25) is 4.79 Å². The van der Waals surface area contributed by atoms with Crippen LogP contribution in [0.25, 0.3) is 0 Å². The first kappa shape index (κ1) is 16.0. The molecular weight excluding hydrogens is 336 g/mol. The highest BCUT2D eigenvalue weighted by molar-refractivity contribution is 6.30. The Morgan fingerprint density at radius 2 is 1.80 bits per heavy atom. The molecule has 1 aliphatic carbocycles. The quantitative estimate of drug-likeness (QED) is 0.633. The molecule has 4 nitrogen and oxygen atoms in total. The van der Waals surface area contributed by atoms with Crippen molar-refractivity contribution in [2.45, 2.75) is 31.6 Å². The van der Waals surface area contributed by atoms with Crippen molar-refractivity contribution in [3.05, 3.63) is 82.0 Å². The first-order chi connectivity index (χ1) is 12.1. The van der Waals surface area contributed by atoms with Crippen LogP contribution < -0.4 is 0 Å². The first-order valence-electron chi connectivity index (χ1n) is 8.26. The van der Waals surface area contributed by atoms with E-state index in [1.807, 2.05) is 36.4 Å². The summed E-state index contributed by atoms with van der Waals surface area (Å²) in [6.45, 7) is 1.80. The molecule has 0 aliphatic heterocycles. The van der Waals surface area contributed by atoms with Crippen molar-refractivity contribution in [1.29, 1.82) is 0 Å². The maximum absolute atomic E-state index is 12.5. The maximum atomic E-state index is 12.5. The minimum absolute atomic E-state index is 0.0918. The third-order valence-electron chi connectivity index (χ3n) is 4.74. The van der Waals surface area contributed by atoms with Gasteiger partial charge in [-0.15, -0.1) is 0 Å². The van der Waals surface area contributed by atoms with Crippen molar-refractivity contribution in [1.82, 2.24) is 10.1 Å². The minimum atomic E-state index is -0.143. The van der Waals surface area contributed by atoms with Gasteiger partial charge in [-0.05, 0) is 36.1 Å². The molecule has 0 spiro atoms. The van der Waals surface area contributed by atoms with Crippen LogP contribution in [0.3, 0.4) is 0 Å². The summed E-state index contributed by atoms with van der Waals surface area (Å²) in [5, 5.41) is 4.76. The van der Waals surface area contributed by atoms with E-state index in [1.54, 1.807) is 19.1 Å². The fraction of sp³-hybridized carbons (Fsp3) is 0.250. The van der Waals surface area contributed by atoms with E-state index in [2.05, 4.69) is 10.1 Å². The summed E-state index contributed by atoms with van der Waals surface area (Å²) >= 11 is 5.88. The molecule has 4 rings (SSSR count). The average molecular weight is 353 g/mol. The topological polar surface area (TPSA) is 56.0 Å². The molecule has 0 amide bonds. The molecule has 0 bridgehead atoms. The Labute approximate surface area is 150 Å². The lowest BCUT2D eigenvalue weighted by Gasteiger charge is -2.11. The molecule has 1 saturated carbocycles. The van der Waals surface area contributed by atoms with Crippen LogP contribution in [0.5, 0.6) is 0 Å². The lowest BCUT2D eigenvalue weighted by molar-refractivity contribution is 0.0993. The molecule has 1 aliphatic rings. The summed E-state index contributed by atoms with van der Waals surface area (Å²) in [4.78, 5) is 16.9. The zero-order valence-corrected chi connectivity index (χ0v) is 14.6. The normalized spacial score (nSPS) is 15.1. The van der Waals surface area contributed by atoms with Gasteiger partial charge in [-0.25, -0.2) is 0 Å². The van der Waals surface area contributed by atoms with Crippen LogP contribution in [0.15, 0.2) is 53.1 Å². The fourth-order valence-corrected chi connectivity index (χ4v) is 3.25. The highest BCUT2D eigenvalue weighted by Gasteiger charge is 2.49. The van der Waals surface area contributed by atoms with Crippen LogP contribution in [-0.4, -0.2) is 15.9 Å². The summed E-state index contributed by atoms with van der Waals surface area (Å²) in [7, 11) is 0. The molecule has 1 fully saturated rings. The van der Waals surface area contributed by atoms with E-state index in [-0.39, 0.29) is 11.2 Å². The largest absolute Gasteiger partial charge is 0.340 e. The van der Waals surface area contributed by atoms with Gasteiger partial charge in [0, 0.05) is 23.9 Å². The van der Waals surface area contributed by atoms with Gasteiger partial charge in [-0.2, -0.15) is 4.98 Å². The zero-order valence-electron chi connectivity index (χ0n) is 13.8. The second-order valence-electron chi connectivity index (χ2n) is 6.52. The van der Waals surface area contributed by atoms with Crippen LogP contribution in [0.2, 0.25) is 5.02 Å². The van der Waals surface area contributed by atoms with Crippen LogP contribution >= 0.6 is 11.6 Å². The van der Waals surface area contributed by atoms with Gasteiger partial charge in [-0.1, -0.05) is 53.2 Å². The van der Waals surface area contributed by atoms with Gasteiger partial charge in [0.1, 0.15) is 0 Å². The number of rotatable bonds is 5. The number of halogens is 1. The van der Waals surface area contributed by atoms with Crippen LogP contribution in [-0.2, 0) is 11.8 Å². The summed E-state index contributed by atoms with van der Waals surface area (Å²) in [5.74, 6) is 1.41. The number of carbonyl (C=O) groups is 1. The van der Waals surface area contributed by atoms with Gasteiger partial charge >= 0.3 is 0 Å². The molecule has 0 radical (unpaired) electrons. The maximum Gasteiger partial charge on any atom is 0.223 e. The van der Waals surface area contributed by atoms with Gasteiger partial charge in [0.25, 0.3) is 0 Å². The number of aromatic nitrogens is 2. The van der Waals surface area contributed by atoms with E-state index in [9.17, 15) is 4.79 Å². The van der Waals surface area contributed by atoms with Gasteiger partial charge in [0.05, 0.1) is 5.41 Å². The first-order valence-corrected chi connectivity index (χ1v) is 8.64. The summed E-state index contributed by atoms with van der Waals surface area (Å²) < 4.78 is 5.12. The zero-order chi connectivity index (χ0) is 17.4. The highest BCUT2D eigenvalue weighted by atomic mass is 35.5. The second kappa shape index (κ2) is 6.12. The summed E-state index contributed by atoms with van der Waals surface area (Å²) in [6, 6.07) is 15.2. The van der Waals surface area contributed by atoms with Gasteiger partial charge in [0.2, 0.25) is 5.89 Å². The average Bonchev–Trinajstić information content (AvgIpc) is 3.32. The Balaban J connectivity index is 1.52. The molecule has 0 N–H and O–H groups in total. The number of ketones is 1. The summed E-state index contributed by atoms with van der Waals surface area (Å²) in [6.07, 6.45) is 2.37. The third kappa shape index (κ3) is 3.10. The number of hydrogen-bond donors (Lipinski definition) is 0. The molecule has 3 aromatic rings. The Morgan fingerprint density at radius 3 is 2.36 bits per heavy atom. The van der Waals surface area contributed by atoms with E-state index in [4.69, 9.17) is 16.1 Å². The van der Waals surface area contributed by atoms with Crippen molar-refractivity contribution < 1.29 is 9.32 Å². The van der Waals surface area contributed by atoms with E-state index < -0.39 is 0 Å². The van der Waals surface area contributed by atoms with Crippen LogP contribution in [0, 0.1) is 6.92 Å². The number of nitrogens with zero attached hydrogens (tertiary/aromatic N) is 2. The molecule has 0 atom stereocenters. The van der Waals surface area contributed by atoms with Crippen molar-refractivity contribution in [3.63, 3.8) is 0 Å². The molecule has 5 heteroatoms. The van der Waals surface area contributed by atoms with E-state index in [1.165, 1.54) is 0 Å². The Bertz CT molecular complexity index is 910. The van der Waals surface area contributed by atoms with Crippen molar-refractivity contribution in [2.75, 3.05) is 0 Å². The molecule has 0 unspecified atom stereocenters. The molecule has 0 saturated heterocycles. The number of hydrogen-bond acceptors (Lipinski definition) is 4.